The number of nitrogens with one attached hydrogen (secondary N) is 1. The van der Waals surface area contributed by atoms with Crippen LogP contribution in [0.25, 0.3) is 0 Å². The highest BCUT2D eigenvalue weighted by atomic mass is 16.1. The lowest BCUT2D eigenvalue weighted by molar-refractivity contribution is 0.102. The summed E-state index contributed by atoms with van der Waals surface area (Å²) in [6, 6.07) is 7.94. The SMILES string of the molecule is CCC(C)n1nccc1NC(=O)c1cc(C)cc(C)c1. The van der Waals surface area contributed by atoms with Gasteiger partial charge < -0.3 is 5.32 Å². The summed E-state index contributed by atoms with van der Waals surface area (Å²) in [7, 11) is 0. The first-order valence-electron chi connectivity index (χ1n) is 6.94. The quantitative estimate of drug-likeness (QED) is 0.921. The number of nitrogens with zero attached hydrogens (tertiary/aromatic N) is 2. The zero-order chi connectivity index (χ0) is 14.7. The molecule has 1 amide bonds. The Hall–Kier alpha value is -2.10. The van der Waals surface area contributed by atoms with Gasteiger partial charge in [0.2, 0.25) is 0 Å². The van der Waals surface area contributed by atoms with E-state index in [0.717, 1.165) is 23.4 Å². The van der Waals surface area contributed by atoms with Crippen LogP contribution in [0.2, 0.25) is 0 Å². The smallest absolute Gasteiger partial charge is 0.256 e. The standard InChI is InChI=1S/C16H21N3O/c1-5-13(4)19-15(6-7-17-19)18-16(20)14-9-11(2)8-12(3)10-14/h6-10,13H,5H2,1-4H3,(H,18,20). The maximum absolute atomic E-state index is 12.3. The Morgan fingerprint density at radius 1 is 1.30 bits per heavy atom. The number of carbonyl (C=O) groups excluding carboxylic acids is 1. The van der Waals surface area contributed by atoms with Gasteiger partial charge in [-0.3, -0.25) is 4.79 Å². The third-order valence-corrected chi connectivity index (χ3v) is 3.40. The van der Waals surface area contributed by atoms with E-state index >= 15 is 0 Å². The van der Waals surface area contributed by atoms with E-state index in [4.69, 9.17) is 0 Å². The molecule has 0 saturated heterocycles. The predicted octanol–water partition coefficient (Wildman–Crippen LogP) is 3.72. The van der Waals surface area contributed by atoms with Gasteiger partial charge in [-0.1, -0.05) is 24.1 Å². The summed E-state index contributed by atoms with van der Waals surface area (Å²) in [5, 5.41) is 7.21. The average molecular weight is 271 g/mol. The van der Waals surface area contributed by atoms with Gasteiger partial charge in [0.15, 0.2) is 0 Å². The van der Waals surface area contributed by atoms with E-state index in [2.05, 4.69) is 30.3 Å². The summed E-state index contributed by atoms with van der Waals surface area (Å²) in [6.45, 7) is 8.17. The number of anilines is 1. The van der Waals surface area contributed by atoms with Crippen molar-refractivity contribution in [1.29, 1.82) is 0 Å². The average Bonchev–Trinajstić information content (AvgIpc) is 2.84. The van der Waals surface area contributed by atoms with Crippen molar-refractivity contribution in [3.05, 3.63) is 47.2 Å². The zero-order valence-electron chi connectivity index (χ0n) is 12.5. The first kappa shape index (κ1) is 14.3. The van der Waals surface area contributed by atoms with E-state index in [-0.39, 0.29) is 11.9 Å². The van der Waals surface area contributed by atoms with Gasteiger partial charge in [-0.25, -0.2) is 4.68 Å². The van der Waals surface area contributed by atoms with Crippen LogP contribution < -0.4 is 5.32 Å². The third-order valence-electron chi connectivity index (χ3n) is 3.40. The van der Waals surface area contributed by atoms with Crippen LogP contribution in [-0.4, -0.2) is 15.7 Å². The van der Waals surface area contributed by atoms with Crippen molar-refractivity contribution in [2.24, 2.45) is 0 Å². The maximum atomic E-state index is 12.3. The van der Waals surface area contributed by atoms with Crippen LogP contribution in [0.5, 0.6) is 0 Å². The molecule has 1 N–H and O–H groups in total. The van der Waals surface area contributed by atoms with Crippen LogP contribution >= 0.6 is 0 Å². The number of carbonyl (C=O) groups is 1. The molecule has 1 unspecified atom stereocenters. The molecule has 1 aromatic carbocycles. The molecule has 106 valence electrons. The minimum absolute atomic E-state index is 0.0955. The minimum atomic E-state index is -0.0955. The number of benzene rings is 1. The van der Waals surface area contributed by atoms with Crippen LogP contribution in [0.3, 0.4) is 0 Å². The Labute approximate surface area is 119 Å². The van der Waals surface area contributed by atoms with Crippen molar-refractivity contribution in [1.82, 2.24) is 9.78 Å². The Morgan fingerprint density at radius 2 is 1.95 bits per heavy atom. The van der Waals surface area contributed by atoms with Gasteiger partial charge in [0.05, 0.1) is 12.2 Å². The van der Waals surface area contributed by atoms with Crippen molar-refractivity contribution < 1.29 is 4.79 Å². The maximum Gasteiger partial charge on any atom is 0.256 e. The largest absolute Gasteiger partial charge is 0.307 e. The van der Waals surface area contributed by atoms with Crippen LogP contribution in [0.15, 0.2) is 30.5 Å². The molecule has 0 spiro atoms. The summed E-state index contributed by atoms with van der Waals surface area (Å²) in [4.78, 5) is 12.3. The van der Waals surface area contributed by atoms with Crippen LogP contribution in [0.4, 0.5) is 5.82 Å². The molecule has 1 aromatic heterocycles. The molecule has 2 aromatic rings. The van der Waals surface area contributed by atoms with Crippen molar-refractivity contribution in [2.45, 2.75) is 40.2 Å². The molecule has 2 rings (SSSR count). The Kier molecular flexibility index (Phi) is 4.23. The minimum Gasteiger partial charge on any atom is -0.307 e. The van der Waals surface area contributed by atoms with Gasteiger partial charge in [0, 0.05) is 11.6 Å². The summed E-state index contributed by atoms with van der Waals surface area (Å²) in [6.07, 6.45) is 2.68. The van der Waals surface area contributed by atoms with Gasteiger partial charge >= 0.3 is 0 Å². The predicted molar refractivity (Wildman–Crippen MR) is 81.1 cm³/mol. The highest BCUT2D eigenvalue weighted by Gasteiger charge is 2.12. The first-order chi connectivity index (χ1) is 9.51. The van der Waals surface area contributed by atoms with Gasteiger partial charge in [0.1, 0.15) is 5.82 Å². The molecule has 1 atom stereocenters. The molecular formula is C16H21N3O. The van der Waals surface area contributed by atoms with Gasteiger partial charge in [-0.2, -0.15) is 5.10 Å². The molecule has 0 aliphatic carbocycles. The Morgan fingerprint density at radius 3 is 2.55 bits per heavy atom. The summed E-state index contributed by atoms with van der Waals surface area (Å²) < 4.78 is 1.85. The van der Waals surface area contributed by atoms with Crippen LogP contribution in [-0.2, 0) is 0 Å². The van der Waals surface area contributed by atoms with Crippen molar-refractivity contribution >= 4 is 11.7 Å². The molecule has 0 bridgehead atoms. The molecular weight excluding hydrogens is 250 g/mol. The number of amides is 1. The second-order valence-electron chi connectivity index (χ2n) is 5.25. The normalized spacial score (nSPS) is 12.2. The van der Waals surface area contributed by atoms with E-state index in [0.29, 0.717) is 5.56 Å². The lowest BCUT2D eigenvalue weighted by Gasteiger charge is -2.14. The van der Waals surface area contributed by atoms with E-state index in [1.165, 1.54) is 0 Å². The van der Waals surface area contributed by atoms with Gasteiger partial charge in [0.25, 0.3) is 5.91 Å². The van der Waals surface area contributed by atoms with E-state index in [1.54, 1.807) is 6.20 Å². The highest BCUT2D eigenvalue weighted by Crippen LogP contribution is 2.18. The van der Waals surface area contributed by atoms with E-state index in [9.17, 15) is 4.79 Å². The number of aryl methyl sites for hydroxylation is 2. The van der Waals surface area contributed by atoms with Crippen LogP contribution in [0, 0.1) is 13.8 Å². The van der Waals surface area contributed by atoms with Crippen LogP contribution in [0.1, 0.15) is 47.8 Å². The van der Waals surface area contributed by atoms with Crippen molar-refractivity contribution in [3.8, 4) is 0 Å². The first-order valence-corrected chi connectivity index (χ1v) is 6.94. The summed E-state index contributed by atoms with van der Waals surface area (Å²) in [5.74, 6) is 0.644. The lowest BCUT2D eigenvalue weighted by Crippen LogP contribution is -2.17. The fraction of sp³-hybridized carbons (Fsp3) is 0.375. The van der Waals surface area contributed by atoms with Gasteiger partial charge in [-0.15, -0.1) is 0 Å². The second kappa shape index (κ2) is 5.90. The number of rotatable bonds is 4. The molecule has 4 heteroatoms. The molecule has 0 aliphatic rings. The van der Waals surface area contributed by atoms with Crippen molar-refractivity contribution in [2.75, 3.05) is 5.32 Å². The molecule has 0 fully saturated rings. The monoisotopic (exact) mass is 271 g/mol. The van der Waals surface area contributed by atoms with E-state index in [1.807, 2.05) is 36.7 Å². The second-order valence-corrected chi connectivity index (χ2v) is 5.25. The molecule has 0 aliphatic heterocycles. The number of hydrogen-bond donors (Lipinski definition) is 1. The fourth-order valence-electron chi connectivity index (χ4n) is 2.23. The molecule has 20 heavy (non-hydrogen) atoms. The van der Waals surface area contributed by atoms with E-state index < -0.39 is 0 Å². The lowest BCUT2D eigenvalue weighted by atomic mass is 10.1. The molecule has 1 heterocycles. The third kappa shape index (κ3) is 3.07. The summed E-state index contributed by atoms with van der Waals surface area (Å²) in [5.41, 5.74) is 2.86. The number of aromatic nitrogens is 2. The number of hydrogen-bond acceptors (Lipinski definition) is 2. The molecule has 0 radical (unpaired) electrons. The summed E-state index contributed by atoms with van der Waals surface area (Å²) >= 11 is 0. The highest BCUT2D eigenvalue weighted by molar-refractivity contribution is 6.04. The molecule has 4 nitrogen and oxygen atoms in total. The Bertz CT molecular complexity index is 596. The van der Waals surface area contributed by atoms with Gasteiger partial charge in [-0.05, 0) is 39.3 Å². The molecule has 0 saturated carbocycles. The van der Waals surface area contributed by atoms with Crippen molar-refractivity contribution in [3.63, 3.8) is 0 Å². The Balaban J connectivity index is 2.22. The fourth-order valence-corrected chi connectivity index (χ4v) is 2.23. The topological polar surface area (TPSA) is 46.9 Å². The zero-order valence-corrected chi connectivity index (χ0v) is 12.5.